The summed E-state index contributed by atoms with van der Waals surface area (Å²) in [6, 6.07) is 10.2. The van der Waals surface area contributed by atoms with Crippen LogP contribution in [0.3, 0.4) is 0 Å². The number of amides is 1. The summed E-state index contributed by atoms with van der Waals surface area (Å²) < 4.78 is 5.50. The Morgan fingerprint density at radius 3 is 2.70 bits per heavy atom. The van der Waals surface area contributed by atoms with E-state index in [0.29, 0.717) is 11.6 Å². The molecule has 0 unspecified atom stereocenters. The molecular formula is C22H29N3O2. The first kappa shape index (κ1) is 18.2. The van der Waals surface area contributed by atoms with Crippen LogP contribution in [0.4, 0.5) is 0 Å². The Morgan fingerprint density at radius 1 is 1.33 bits per heavy atom. The molecule has 1 amide bonds. The first-order chi connectivity index (χ1) is 12.9. The van der Waals surface area contributed by atoms with Crippen LogP contribution in [0.5, 0.6) is 0 Å². The molecule has 0 spiro atoms. The van der Waals surface area contributed by atoms with Gasteiger partial charge in [0.1, 0.15) is 5.69 Å². The van der Waals surface area contributed by atoms with E-state index < -0.39 is 0 Å². The maximum atomic E-state index is 13.1. The molecule has 0 bridgehead atoms. The number of hydrogen-bond acceptors (Lipinski definition) is 3. The third kappa shape index (κ3) is 2.98. The van der Waals surface area contributed by atoms with Gasteiger partial charge in [0.15, 0.2) is 0 Å². The summed E-state index contributed by atoms with van der Waals surface area (Å²) in [4.78, 5) is 15.1. The summed E-state index contributed by atoms with van der Waals surface area (Å²) in [5, 5.41) is 7.33. The molecule has 5 heteroatoms. The highest BCUT2D eigenvalue weighted by Crippen LogP contribution is 2.62. The monoisotopic (exact) mass is 367 g/mol. The van der Waals surface area contributed by atoms with Crippen LogP contribution in [0.1, 0.15) is 43.2 Å². The first-order valence-electron chi connectivity index (χ1n) is 9.81. The van der Waals surface area contributed by atoms with E-state index in [4.69, 9.17) is 4.74 Å². The van der Waals surface area contributed by atoms with Crippen LogP contribution in [0.2, 0.25) is 0 Å². The number of nitrogens with zero attached hydrogens (tertiary/aromatic N) is 2. The number of nitrogens with one attached hydrogen (secondary N) is 1. The quantitative estimate of drug-likeness (QED) is 0.875. The van der Waals surface area contributed by atoms with Gasteiger partial charge in [0.25, 0.3) is 5.91 Å². The van der Waals surface area contributed by atoms with Gasteiger partial charge in [-0.25, -0.2) is 0 Å². The summed E-state index contributed by atoms with van der Waals surface area (Å²) in [6.45, 7) is 9.04. The number of benzene rings is 1. The second kappa shape index (κ2) is 6.48. The van der Waals surface area contributed by atoms with E-state index in [1.54, 1.807) is 7.11 Å². The highest BCUT2D eigenvalue weighted by molar-refractivity contribution is 5.93. The lowest BCUT2D eigenvalue weighted by Gasteiger charge is -2.56. The average molecular weight is 367 g/mol. The van der Waals surface area contributed by atoms with E-state index in [-0.39, 0.29) is 16.7 Å². The lowest BCUT2D eigenvalue weighted by molar-refractivity contribution is -0.107. The fraction of sp³-hybridized carbons (Fsp3) is 0.545. The number of carbonyl (C=O) groups excluding carboxylic acids is 1. The van der Waals surface area contributed by atoms with Crippen molar-refractivity contribution in [3.8, 4) is 11.3 Å². The number of H-pyrrole nitrogens is 1. The van der Waals surface area contributed by atoms with Gasteiger partial charge in [-0.15, -0.1) is 0 Å². The van der Waals surface area contributed by atoms with Crippen LogP contribution in [-0.2, 0) is 11.2 Å². The van der Waals surface area contributed by atoms with Gasteiger partial charge >= 0.3 is 0 Å². The second-order valence-corrected chi connectivity index (χ2v) is 8.92. The fourth-order valence-corrected chi connectivity index (χ4v) is 5.42. The van der Waals surface area contributed by atoms with E-state index in [2.05, 4.69) is 55.2 Å². The van der Waals surface area contributed by atoms with Crippen LogP contribution in [0.25, 0.3) is 11.3 Å². The third-order valence-electron chi connectivity index (χ3n) is 6.58. The molecule has 1 saturated heterocycles. The standard InChI is InChI=1S/C22H29N3O2/c1-5-15-6-8-16(9-7-15)17-10-18(24-23-17)20(26)25-11-19-21(2,3)12-22(19,13-25)14-27-4/h6-10,19H,5,11-14H2,1-4H3,(H,23,24)/t19-,22-/m1/s1. The van der Waals surface area contributed by atoms with Crippen molar-refractivity contribution in [2.45, 2.75) is 33.6 Å². The zero-order valence-corrected chi connectivity index (χ0v) is 16.7. The predicted octanol–water partition coefficient (Wildman–Crippen LogP) is 3.77. The number of aromatic amines is 1. The Labute approximate surface area is 161 Å². The van der Waals surface area contributed by atoms with Gasteiger partial charge in [0, 0.05) is 31.2 Å². The van der Waals surface area contributed by atoms with Crippen molar-refractivity contribution >= 4 is 5.91 Å². The van der Waals surface area contributed by atoms with Gasteiger partial charge < -0.3 is 9.64 Å². The number of likely N-dealkylation sites (tertiary alicyclic amines) is 1. The lowest BCUT2D eigenvalue weighted by Crippen LogP contribution is -2.55. The van der Waals surface area contributed by atoms with Gasteiger partial charge in [0.2, 0.25) is 0 Å². The number of aryl methyl sites for hydroxylation is 1. The highest BCUT2D eigenvalue weighted by atomic mass is 16.5. The number of hydrogen-bond donors (Lipinski definition) is 1. The molecule has 144 valence electrons. The molecule has 2 aromatic rings. The van der Waals surface area contributed by atoms with Gasteiger partial charge in [0.05, 0.1) is 12.3 Å². The molecule has 2 atom stereocenters. The Morgan fingerprint density at radius 2 is 2.07 bits per heavy atom. The Bertz CT molecular complexity index is 839. The molecule has 2 aliphatic rings. The summed E-state index contributed by atoms with van der Waals surface area (Å²) in [6.07, 6.45) is 2.13. The number of fused-ring (bicyclic) bond motifs is 1. The average Bonchev–Trinajstić information content (AvgIpc) is 3.25. The summed E-state index contributed by atoms with van der Waals surface area (Å²) in [5.74, 6) is 0.539. The zero-order chi connectivity index (χ0) is 19.2. The van der Waals surface area contributed by atoms with Crippen molar-refractivity contribution in [2.24, 2.45) is 16.7 Å². The molecule has 1 N–H and O–H groups in total. The summed E-state index contributed by atoms with van der Waals surface area (Å²) in [7, 11) is 1.76. The minimum Gasteiger partial charge on any atom is -0.384 e. The van der Waals surface area contributed by atoms with Crippen molar-refractivity contribution in [3.05, 3.63) is 41.6 Å². The minimum absolute atomic E-state index is 0.0413. The number of methoxy groups -OCH3 is 1. The maximum Gasteiger partial charge on any atom is 0.271 e. The summed E-state index contributed by atoms with van der Waals surface area (Å²) >= 11 is 0. The molecule has 1 aromatic carbocycles. The van der Waals surface area contributed by atoms with Gasteiger partial charge in [-0.2, -0.15) is 5.10 Å². The topological polar surface area (TPSA) is 58.2 Å². The van der Waals surface area contributed by atoms with Crippen LogP contribution < -0.4 is 0 Å². The van der Waals surface area contributed by atoms with E-state index in [9.17, 15) is 4.79 Å². The number of ether oxygens (including phenoxy) is 1. The maximum absolute atomic E-state index is 13.1. The van der Waals surface area contributed by atoms with Crippen molar-refractivity contribution in [2.75, 3.05) is 26.8 Å². The van der Waals surface area contributed by atoms with E-state index in [1.165, 1.54) is 5.56 Å². The normalized spacial score (nSPS) is 25.9. The molecular weight excluding hydrogens is 338 g/mol. The number of aromatic nitrogens is 2. The fourth-order valence-electron chi connectivity index (χ4n) is 5.42. The molecule has 1 aliphatic carbocycles. The Kier molecular flexibility index (Phi) is 4.38. The SMILES string of the molecule is CCc1ccc(-c2cc(C(=O)N3C[C@@H]4C(C)(C)C[C@]4(COC)C3)[nH]n2)cc1. The Balaban J connectivity index is 1.51. The molecule has 2 fully saturated rings. The highest BCUT2D eigenvalue weighted by Gasteiger charge is 2.63. The van der Waals surface area contributed by atoms with Crippen LogP contribution >= 0.6 is 0 Å². The van der Waals surface area contributed by atoms with Crippen molar-refractivity contribution in [1.29, 1.82) is 0 Å². The van der Waals surface area contributed by atoms with Gasteiger partial charge in [-0.3, -0.25) is 9.89 Å². The Hall–Kier alpha value is -2.14. The van der Waals surface area contributed by atoms with Crippen LogP contribution in [0.15, 0.2) is 30.3 Å². The van der Waals surface area contributed by atoms with Crippen LogP contribution in [-0.4, -0.2) is 47.8 Å². The summed E-state index contributed by atoms with van der Waals surface area (Å²) in [5.41, 5.74) is 4.09. The van der Waals surface area contributed by atoms with E-state index >= 15 is 0 Å². The third-order valence-corrected chi connectivity index (χ3v) is 6.58. The van der Waals surface area contributed by atoms with E-state index in [0.717, 1.165) is 43.8 Å². The van der Waals surface area contributed by atoms with Crippen molar-refractivity contribution in [3.63, 3.8) is 0 Å². The largest absolute Gasteiger partial charge is 0.384 e. The van der Waals surface area contributed by atoms with Gasteiger partial charge in [-0.1, -0.05) is 45.0 Å². The number of rotatable bonds is 5. The molecule has 5 nitrogen and oxygen atoms in total. The molecule has 1 saturated carbocycles. The number of carbonyl (C=O) groups is 1. The molecule has 1 aromatic heterocycles. The lowest BCUT2D eigenvalue weighted by atomic mass is 9.48. The van der Waals surface area contributed by atoms with E-state index in [1.807, 2.05) is 11.0 Å². The zero-order valence-electron chi connectivity index (χ0n) is 16.7. The predicted molar refractivity (Wildman–Crippen MR) is 106 cm³/mol. The second-order valence-electron chi connectivity index (χ2n) is 8.92. The van der Waals surface area contributed by atoms with Crippen molar-refractivity contribution in [1.82, 2.24) is 15.1 Å². The van der Waals surface area contributed by atoms with Crippen molar-refractivity contribution < 1.29 is 9.53 Å². The molecule has 1 aliphatic heterocycles. The molecule has 2 heterocycles. The smallest absolute Gasteiger partial charge is 0.271 e. The molecule has 27 heavy (non-hydrogen) atoms. The molecule has 4 rings (SSSR count). The minimum atomic E-state index is 0.0413. The van der Waals surface area contributed by atoms with Crippen LogP contribution in [0, 0.1) is 16.7 Å². The van der Waals surface area contributed by atoms with Gasteiger partial charge in [-0.05, 0) is 35.8 Å². The molecule has 0 radical (unpaired) electrons. The first-order valence-corrected chi connectivity index (χ1v) is 9.81.